The van der Waals surface area contributed by atoms with Gasteiger partial charge < -0.3 is 20.6 Å². The van der Waals surface area contributed by atoms with Crippen LogP contribution in [0, 0.1) is 11.3 Å². The fourth-order valence-corrected chi connectivity index (χ4v) is 3.88. The van der Waals surface area contributed by atoms with Crippen molar-refractivity contribution in [3.63, 3.8) is 0 Å². The van der Waals surface area contributed by atoms with Gasteiger partial charge in [-0.1, -0.05) is 6.08 Å². The number of nitriles is 1. The first-order chi connectivity index (χ1) is 18.1. The number of carbonyl (C=O) groups is 1. The van der Waals surface area contributed by atoms with Gasteiger partial charge in [-0.3, -0.25) is 4.79 Å². The van der Waals surface area contributed by atoms with Gasteiger partial charge in [-0.2, -0.15) is 23.5 Å². The molecule has 0 radical (unpaired) electrons. The van der Waals surface area contributed by atoms with Crippen LogP contribution in [0.25, 0.3) is 0 Å². The summed E-state index contributed by atoms with van der Waals surface area (Å²) in [6.07, 6.45) is 2.83. The molecule has 0 saturated heterocycles. The van der Waals surface area contributed by atoms with Crippen molar-refractivity contribution in [2.45, 2.75) is 44.5 Å². The van der Waals surface area contributed by atoms with Crippen LogP contribution in [0.15, 0.2) is 46.9 Å². The number of amides is 1. The first-order valence-electron chi connectivity index (χ1n) is 11.8. The molecule has 1 aliphatic heterocycles. The molecule has 0 atom stereocenters. The molecule has 1 aromatic carbocycles. The van der Waals surface area contributed by atoms with E-state index < -0.39 is 28.8 Å². The van der Waals surface area contributed by atoms with Crippen molar-refractivity contribution >= 4 is 29.5 Å². The van der Waals surface area contributed by atoms with Crippen molar-refractivity contribution in [3.05, 3.63) is 59.1 Å². The molecule has 198 valence electrons. The zero-order valence-electron chi connectivity index (χ0n) is 20.5. The van der Waals surface area contributed by atoms with Crippen LogP contribution in [-0.4, -0.2) is 51.7 Å². The number of nitrogens with zero attached hydrogens (tertiary/aromatic N) is 6. The smallest absolute Gasteiger partial charge is 0.388 e. The number of hydrogen-bond acceptors (Lipinski definition) is 8. The number of amidine groups is 1. The third-order valence-electron chi connectivity index (χ3n) is 6.13. The van der Waals surface area contributed by atoms with Crippen LogP contribution < -0.4 is 15.5 Å². The van der Waals surface area contributed by atoms with Gasteiger partial charge in [0.15, 0.2) is 5.84 Å². The third-order valence-corrected chi connectivity index (χ3v) is 6.13. The fourth-order valence-electron chi connectivity index (χ4n) is 3.88. The first-order valence-corrected chi connectivity index (χ1v) is 11.8. The number of fused-ring (bicyclic) bond motifs is 1. The lowest BCUT2D eigenvalue weighted by Gasteiger charge is -2.31. The highest BCUT2D eigenvalue weighted by molar-refractivity contribution is 6.26. The Bertz CT molecular complexity index is 1340. The number of allylic oxidation sites excluding steroid dienone is 1. The highest BCUT2D eigenvalue weighted by Crippen LogP contribution is 2.36. The molecule has 4 rings (SSSR count). The Morgan fingerprint density at radius 1 is 1.34 bits per heavy atom. The number of hydrogen-bond donors (Lipinski definition) is 3. The van der Waals surface area contributed by atoms with Crippen molar-refractivity contribution in [1.82, 2.24) is 15.3 Å². The summed E-state index contributed by atoms with van der Waals surface area (Å²) in [5.74, 6) is 0.297. The van der Waals surface area contributed by atoms with Crippen molar-refractivity contribution in [3.8, 4) is 6.07 Å². The zero-order chi connectivity index (χ0) is 27.3. The quantitative estimate of drug-likeness (QED) is 0.286. The van der Waals surface area contributed by atoms with Crippen molar-refractivity contribution in [2.24, 2.45) is 10.2 Å². The van der Waals surface area contributed by atoms with Gasteiger partial charge in [0.1, 0.15) is 18.4 Å². The van der Waals surface area contributed by atoms with Gasteiger partial charge >= 0.3 is 6.18 Å². The SMILES string of the molecule is C\C=C/C(=N\N=C\C(=O)NCC1(O)CC1)Nc1ncnc2c1CCN(c1ccc(C#N)c(C(F)(F)F)c1)C2. The van der Waals surface area contributed by atoms with E-state index in [4.69, 9.17) is 5.26 Å². The molecule has 1 fully saturated rings. The van der Waals surface area contributed by atoms with Gasteiger partial charge in [-0.05, 0) is 50.5 Å². The van der Waals surface area contributed by atoms with Gasteiger partial charge in [-0.15, -0.1) is 5.10 Å². The van der Waals surface area contributed by atoms with E-state index in [1.165, 1.54) is 18.5 Å². The molecule has 1 aliphatic carbocycles. The molecule has 3 N–H and O–H groups in total. The molecule has 0 bridgehead atoms. The second kappa shape index (κ2) is 11.0. The van der Waals surface area contributed by atoms with E-state index in [0.29, 0.717) is 48.8 Å². The summed E-state index contributed by atoms with van der Waals surface area (Å²) >= 11 is 0. The number of nitrogens with one attached hydrogen (secondary N) is 2. The van der Waals surface area contributed by atoms with Crippen LogP contribution in [0.5, 0.6) is 0 Å². The minimum Gasteiger partial charge on any atom is -0.388 e. The number of alkyl halides is 3. The molecular formula is C25H25F3N8O2. The molecule has 0 spiro atoms. The summed E-state index contributed by atoms with van der Waals surface area (Å²) in [5.41, 5.74) is -0.459. The monoisotopic (exact) mass is 526 g/mol. The summed E-state index contributed by atoms with van der Waals surface area (Å²) in [4.78, 5) is 22.2. The number of anilines is 2. The summed E-state index contributed by atoms with van der Waals surface area (Å²) in [5, 5.41) is 32.3. The minimum absolute atomic E-state index is 0.158. The standard InChI is InChI=1S/C25H25F3N8O2/c1-2-3-21(35-33-12-22(37)30-14-24(38)7-8-24)34-23-18-6-9-36(13-20(18)31-15-32-23)17-5-4-16(11-29)19(10-17)25(26,27)28/h2-5,10,12,15,38H,6-9,13-14H2,1H3,(H,30,37)(H,31,32,34,35)/b3-2-,33-12+. The van der Waals surface area contributed by atoms with E-state index >= 15 is 0 Å². The molecule has 1 amide bonds. The number of benzene rings is 1. The maximum Gasteiger partial charge on any atom is 0.417 e. The van der Waals surface area contributed by atoms with Crippen LogP contribution in [0.3, 0.4) is 0 Å². The molecule has 1 saturated carbocycles. The lowest BCUT2D eigenvalue weighted by molar-refractivity contribution is -0.137. The minimum atomic E-state index is -4.64. The topological polar surface area (TPSA) is 139 Å². The maximum absolute atomic E-state index is 13.4. The normalized spacial score (nSPS) is 16.8. The van der Waals surface area contributed by atoms with Gasteiger partial charge in [0, 0.05) is 24.3 Å². The molecule has 10 nitrogen and oxygen atoms in total. The number of rotatable bonds is 7. The average Bonchev–Trinajstić information content (AvgIpc) is 3.64. The number of halogens is 3. The predicted molar refractivity (Wildman–Crippen MR) is 135 cm³/mol. The van der Waals surface area contributed by atoms with E-state index in [1.54, 1.807) is 30.0 Å². The van der Waals surface area contributed by atoms with Crippen LogP contribution in [0.1, 0.15) is 42.1 Å². The Morgan fingerprint density at radius 3 is 2.82 bits per heavy atom. The zero-order valence-corrected chi connectivity index (χ0v) is 20.5. The summed E-state index contributed by atoms with van der Waals surface area (Å²) in [6, 6.07) is 5.25. The van der Waals surface area contributed by atoms with E-state index in [-0.39, 0.29) is 13.1 Å². The van der Waals surface area contributed by atoms with Gasteiger partial charge in [-0.25, -0.2) is 9.97 Å². The van der Waals surface area contributed by atoms with Crippen molar-refractivity contribution < 1.29 is 23.1 Å². The van der Waals surface area contributed by atoms with Gasteiger partial charge in [0.25, 0.3) is 5.91 Å². The molecule has 38 heavy (non-hydrogen) atoms. The fraction of sp³-hybridized carbons (Fsp3) is 0.360. The molecule has 2 aromatic rings. The number of aromatic nitrogens is 2. The number of carbonyl (C=O) groups excluding carboxylic acids is 1. The highest BCUT2D eigenvalue weighted by atomic mass is 19.4. The Labute approximate surface area is 216 Å². The van der Waals surface area contributed by atoms with Gasteiger partial charge in [0.2, 0.25) is 0 Å². The lowest BCUT2D eigenvalue weighted by atomic mass is 10.0. The van der Waals surface area contributed by atoms with Crippen LogP contribution >= 0.6 is 0 Å². The van der Waals surface area contributed by atoms with E-state index in [9.17, 15) is 23.1 Å². The predicted octanol–water partition coefficient (Wildman–Crippen LogP) is 2.94. The summed E-state index contributed by atoms with van der Waals surface area (Å²) in [6.45, 7) is 2.59. The van der Waals surface area contributed by atoms with Crippen LogP contribution in [0.2, 0.25) is 0 Å². The summed E-state index contributed by atoms with van der Waals surface area (Å²) in [7, 11) is 0. The van der Waals surface area contributed by atoms with Crippen molar-refractivity contribution in [2.75, 3.05) is 23.3 Å². The third kappa shape index (κ3) is 6.51. The molecule has 2 heterocycles. The van der Waals surface area contributed by atoms with E-state index in [0.717, 1.165) is 17.8 Å². The Hall–Kier alpha value is -4.31. The molecule has 13 heteroatoms. The molecule has 1 aromatic heterocycles. The number of aliphatic hydroxyl groups is 1. The Balaban J connectivity index is 1.48. The highest BCUT2D eigenvalue weighted by Gasteiger charge is 2.40. The molecular weight excluding hydrogens is 501 g/mol. The Kier molecular flexibility index (Phi) is 7.72. The van der Waals surface area contributed by atoms with E-state index in [2.05, 4.69) is 30.8 Å². The maximum atomic E-state index is 13.4. The first kappa shape index (κ1) is 26.7. The largest absolute Gasteiger partial charge is 0.417 e. The van der Waals surface area contributed by atoms with Crippen LogP contribution in [0.4, 0.5) is 24.7 Å². The van der Waals surface area contributed by atoms with Gasteiger partial charge in [0.05, 0.1) is 35.0 Å². The van der Waals surface area contributed by atoms with Crippen molar-refractivity contribution in [1.29, 1.82) is 5.26 Å². The van der Waals surface area contributed by atoms with E-state index in [1.807, 2.05) is 0 Å². The second-order valence-electron chi connectivity index (χ2n) is 8.96. The second-order valence-corrected chi connectivity index (χ2v) is 8.96. The average molecular weight is 527 g/mol. The van der Waals surface area contributed by atoms with Crippen LogP contribution in [-0.2, 0) is 23.9 Å². The lowest BCUT2D eigenvalue weighted by Crippen LogP contribution is -2.33. The Morgan fingerprint density at radius 2 is 2.13 bits per heavy atom. The molecule has 2 aliphatic rings. The molecule has 0 unspecified atom stereocenters. The summed E-state index contributed by atoms with van der Waals surface area (Å²) < 4.78 is 40.3.